The molecule has 0 saturated heterocycles. The highest BCUT2D eigenvalue weighted by Crippen LogP contribution is 2.12. The van der Waals surface area contributed by atoms with E-state index in [-0.39, 0.29) is 10.5 Å². The third kappa shape index (κ3) is 4.81. The van der Waals surface area contributed by atoms with Crippen molar-refractivity contribution in [2.24, 2.45) is 0 Å². The first-order chi connectivity index (χ1) is 13.0. The fraction of sp³-hybridized carbons (Fsp3) is 0.158. The summed E-state index contributed by atoms with van der Waals surface area (Å²) in [5.41, 5.74) is 2.05. The van der Waals surface area contributed by atoms with Crippen LogP contribution in [-0.4, -0.2) is 25.0 Å². The van der Waals surface area contributed by atoms with Gasteiger partial charge in [-0.1, -0.05) is 30.3 Å². The van der Waals surface area contributed by atoms with Gasteiger partial charge in [0.1, 0.15) is 10.7 Å². The second-order valence-electron chi connectivity index (χ2n) is 5.92. The van der Waals surface area contributed by atoms with Crippen LogP contribution >= 0.6 is 0 Å². The summed E-state index contributed by atoms with van der Waals surface area (Å²) in [4.78, 5) is 16.0. The molecule has 7 nitrogen and oxygen atoms in total. The topological polar surface area (TPSA) is 93.1 Å². The number of hydrogen-bond donors (Lipinski definition) is 2. The van der Waals surface area contributed by atoms with E-state index in [2.05, 4.69) is 15.0 Å². The molecular formula is C19H20N4O3S. The van der Waals surface area contributed by atoms with Gasteiger partial charge >= 0.3 is 0 Å². The molecule has 0 bridgehead atoms. The molecule has 0 amide bonds. The van der Waals surface area contributed by atoms with Gasteiger partial charge in [-0.2, -0.15) is 0 Å². The van der Waals surface area contributed by atoms with Gasteiger partial charge in [-0.25, -0.2) is 18.1 Å². The minimum atomic E-state index is -3.48. The summed E-state index contributed by atoms with van der Waals surface area (Å²) in [7, 11) is -2.12. The SMILES string of the molecule is CNS(=O)(=O)c1ccc(NCc2ccc(Cn3ccccc3=O)cc2)nc1. The third-order valence-corrected chi connectivity index (χ3v) is 5.46. The lowest BCUT2D eigenvalue weighted by Crippen LogP contribution is -2.18. The predicted molar refractivity (Wildman–Crippen MR) is 104 cm³/mol. The highest BCUT2D eigenvalue weighted by Gasteiger charge is 2.11. The van der Waals surface area contributed by atoms with Gasteiger partial charge in [-0.05, 0) is 36.4 Å². The van der Waals surface area contributed by atoms with Crippen LogP contribution in [-0.2, 0) is 23.1 Å². The summed E-state index contributed by atoms with van der Waals surface area (Å²) in [6, 6.07) is 16.1. The van der Waals surface area contributed by atoms with Crippen molar-refractivity contribution in [3.05, 3.63) is 88.5 Å². The van der Waals surface area contributed by atoms with Gasteiger partial charge in [0.2, 0.25) is 10.0 Å². The smallest absolute Gasteiger partial charge is 0.250 e. The first-order valence-corrected chi connectivity index (χ1v) is 9.83. The first-order valence-electron chi connectivity index (χ1n) is 8.35. The average molecular weight is 384 g/mol. The summed E-state index contributed by atoms with van der Waals surface area (Å²) >= 11 is 0. The molecule has 0 unspecified atom stereocenters. The molecule has 2 aromatic heterocycles. The number of anilines is 1. The van der Waals surface area contributed by atoms with Crippen molar-refractivity contribution in [1.82, 2.24) is 14.3 Å². The van der Waals surface area contributed by atoms with Crippen LogP contribution in [0, 0.1) is 0 Å². The average Bonchev–Trinajstić information content (AvgIpc) is 2.69. The molecule has 3 rings (SSSR count). The second-order valence-corrected chi connectivity index (χ2v) is 7.81. The van der Waals surface area contributed by atoms with Gasteiger partial charge in [-0.3, -0.25) is 4.79 Å². The van der Waals surface area contributed by atoms with Crippen LogP contribution in [0.4, 0.5) is 5.82 Å². The van der Waals surface area contributed by atoms with Crippen molar-refractivity contribution in [3.63, 3.8) is 0 Å². The van der Waals surface area contributed by atoms with Crippen LogP contribution in [0.15, 0.2) is 76.7 Å². The molecule has 27 heavy (non-hydrogen) atoms. The van der Waals surface area contributed by atoms with E-state index in [0.717, 1.165) is 11.1 Å². The van der Waals surface area contributed by atoms with Crippen LogP contribution in [0.25, 0.3) is 0 Å². The predicted octanol–water partition coefficient (Wildman–Crippen LogP) is 1.81. The molecular weight excluding hydrogens is 364 g/mol. The van der Waals surface area contributed by atoms with Gasteiger partial charge in [0.25, 0.3) is 5.56 Å². The van der Waals surface area contributed by atoms with Gasteiger partial charge in [0, 0.05) is 25.0 Å². The lowest BCUT2D eigenvalue weighted by atomic mass is 10.1. The van der Waals surface area contributed by atoms with Crippen molar-refractivity contribution in [3.8, 4) is 0 Å². The van der Waals surface area contributed by atoms with Gasteiger partial charge in [0.15, 0.2) is 0 Å². The molecule has 0 atom stereocenters. The second kappa shape index (κ2) is 8.15. The van der Waals surface area contributed by atoms with Crippen LogP contribution < -0.4 is 15.6 Å². The first kappa shape index (κ1) is 18.8. The Morgan fingerprint density at radius 3 is 2.37 bits per heavy atom. The number of pyridine rings is 2. The Kier molecular flexibility index (Phi) is 5.68. The van der Waals surface area contributed by atoms with Crippen molar-refractivity contribution < 1.29 is 8.42 Å². The minimum Gasteiger partial charge on any atom is -0.366 e. The summed E-state index contributed by atoms with van der Waals surface area (Å²) in [6.07, 6.45) is 3.08. The number of nitrogens with zero attached hydrogens (tertiary/aromatic N) is 2. The summed E-state index contributed by atoms with van der Waals surface area (Å²) < 4.78 is 27.3. The zero-order valence-corrected chi connectivity index (χ0v) is 15.6. The maximum atomic E-state index is 11.8. The highest BCUT2D eigenvalue weighted by atomic mass is 32.2. The maximum Gasteiger partial charge on any atom is 0.250 e. The third-order valence-electron chi connectivity index (χ3n) is 4.06. The quantitative estimate of drug-likeness (QED) is 0.648. The normalized spacial score (nSPS) is 11.3. The molecule has 3 aromatic rings. The van der Waals surface area contributed by atoms with E-state index in [9.17, 15) is 13.2 Å². The van der Waals surface area contributed by atoms with E-state index >= 15 is 0 Å². The van der Waals surface area contributed by atoms with E-state index in [1.807, 2.05) is 30.3 Å². The molecule has 0 spiro atoms. The number of nitrogens with one attached hydrogen (secondary N) is 2. The largest absolute Gasteiger partial charge is 0.366 e. The number of aromatic nitrogens is 2. The number of hydrogen-bond acceptors (Lipinski definition) is 5. The number of sulfonamides is 1. The summed E-state index contributed by atoms with van der Waals surface area (Å²) in [5, 5.41) is 3.15. The Bertz CT molecular complexity index is 1060. The van der Waals surface area contributed by atoms with E-state index < -0.39 is 10.0 Å². The zero-order chi connectivity index (χ0) is 19.3. The zero-order valence-electron chi connectivity index (χ0n) is 14.8. The van der Waals surface area contributed by atoms with Crippen molar-refractivity contribution in [2.75, 3.05) is 12.4 Å². The Balaban J connectivity index is 1.60. The van der Waals surface area contributed by atoms with Crippen molar-refractivity contribution in [2.45, 2.75) is 18.0 Å². The monoisotopic (exact) mass is 384 g/mol. The molecule has 0 radical (unpaired) electrons. The summed E-state index contributed by atoms with van der Waals surface area (Å²) in [6.45, 7) is 1.08. The molecule has 2 heterocycles. The fourth-order valence-electron chi connectivity index (χ4n) is 2.50. The molecule has 0 fully saturated rings. The van der Waals surface area contributed by atoms with Gasteiger partial charge in [0.05, 0.1) is 6.54 Å². The Labute approximate surface area is 157 Å². The molecule has 0 aliphatic carbocycles. The van der Waals surface area contributed by atoms with Crippen LogP contribution in [0.5, 0.6) is 0 Å². The van der Waals surface area contributed by atoms with E-state index in [0.29, 0.717) is 18.9 Å². The number of benzene rings is 1. The molecule has 0 aliphatic rings. The summed E-state index contributed by atoms with van der Waals surface area (Å²) in [5.74, 6) is 0.588. The lowest BCUT2D eigenvalue weighted by molar-refractivity contribution is 0.588. The standard InChI is InChI=1S/C19H20N4O3S/c1-20-27(25,26)17-9-10-18(22-13-17)21-12-15-5-7-16(8-6-15)14-23-11-3-2-4-19(23)24/h2-11,13,20H,12,14H2,1H3,(H,21,22). The lowest BCUT2D eigenvalue weighted by Gasteiger charge is -2.09. The van der Waals surface area contributed by atoms with Crippen molar-refractivity contribution >= 4 is 15.8 Å². The van der Waals surface area contributed by atoms with Crippen LogP contribution in [0.1, 0.15) is 11.1 Å². The van der Waals surface area contributed by atoms with E-state index in [1.54, 1.807) is 29.0 Å². The van der Waals surface area contributed by atoms with Gasteiger partial charge in [-0.15, -0.1) is 0 Å². The molecule has 1 aromatic carbocycles. The van der Waals surface area contributed by atoms with Crippen LogP contribution in [0.3, 0.4) is 0 Å². The Hall–Kier alpha value is -2.97. The molecule has 0 saturated carbocycles. The molecule has 140 valence electrons. The Morgan fingerprint density at radius 2 is 1.74 bits per heavy atom. The minimum absolute atomic E-state index is 0.0296. The molecule has 2 N–H and O–H groups in total. The molecule has 0 aliphatic heterocycles. The Morgan fingerprint density at radius 1 is 1.00 bits per heavy atom. The van der Waals surface area contributed by atoms with E-state index in [1.165, 1.54) is 19.3 Å². The highest BCUT2D eigenvalue weighted by molar-refractivity contribution is 7.89. The van der Waals surface area contributed by atoms with Gasteiger partial charge < -0.3 is 9.88 Å². The number of rotatable bonds is 7. The van der Waals surface area contributed by atoms with Crippen LogP contribution in [0.2, 0.25) is 0 Å². The fourth-order valence-corrected chi connectivity index (χ4v) is 3.18. The van der Waals surface area contributed by atoms with E-state index in [4.69, 9.17) is 0 Å². The molecule has 8 heteroatoms. The maximum absolute atomic E-state index is 11.8. The van der Waals surface area contributed by atoms with Crippen molar-refractivity contribution in [1.29, 1.82) is 0 Å².